The second kappa shape index (κ2) is 6.07. The van der Waals surface area contributed by atoms with Gasteiger partial charge in [0.15, 0.2) is 0 Å². The van der Waals surface area contributed by atoms with Crippen molar-refractivity contribution in [2.45, 2.75) is 20.4 Å². The van der Waals surface area contributed by atoms with Gasteiger partial charge in [-0.1, -0.05) is 29.8 Å². The fraction of sp³-hybridized carbons (Fsp3) is 0.235. The average molecular weight is 277 g/mol. The molecule has 0 radical (unpaired) electrons. The molecule has 1 unspecified atom stereocenters. The van der Waals surface area contributed by atoms with E-state index in [4.69, 9.17) is 10.5 Å². The Hall–Kier alpha value is -2.85. The van der Waals surface area contributed by atoms with Gasteiger partial charge in [0, 0.05) is 6.54 Å². The van der Waals surface area contributed by atoms with Gasteiger partial charge >= 0.3 is 0 Å². The largest absolute Gasteiger partial charge is 0.306 e. The SMILES string of the molecule is Cc1ccc(-c2ccc(C#N)c(=O)n2CC(C)C#N)cc1. The van der Waals surface area contributed by atoms with Crippen molar-refractivity contribution in [3.63, 3.8) is 0 Å². The first kappa shape index (κ1) is 14.6. The molecule has 0 aliphatic heterocycles. The summed E-state index contributed by atoms with van der Waals surface area (Å²) in [5.74, 6) is -0.305. The average Bonchev–Trinajstić information content (AvgIpc) is 2.50. The van der Waals surface area contributed by atoms with E-state index in [1.807, 2.05) is 37.3 Å². The van der Waals surface area contributed by atoms with Gasteiger partial charge < -0.3 is 4.57 Å². The van der Waals surface area contributed by atoms with Gasteiger partial charge in [0.05, 0.1) is 17.7 Å². The second-order valence-electron chi connectivity index (χ2n) is 5.06. The van der Waals surface area contributed by atoms with Crippen LogP contribution in [0.15, 0.2) is 41.2 Å². The van der Waals surface area contributed by atoms with Gasteiger partial charge in [-0.2, -0.15) is 10.5 Å². The molecule has 1 aromatic heterocycles. The van der Waals surface area contributed by atoms with Gasteiger partial charge in [-0.15, -0.1) is 0 Å². The Morgan fingerprint density at radius 1 is 1.14 bits per heavy atom. The first-order valence-corrected chi connectivity index (χ1v) is 6.67. The molecular weight excluding hydrogens is 262 g/mol. The minimum absolute atomic E-state index is 0.0935. The molecule has 1 atom stereocenters. The fourth-order valence-electron chi connectivity index (χ4n) is 2.14. The third-order valence-electron chi connectivity index (χ3n) is 3.32. The van der Waals surface area contributed by atoms with Crippen molar-refractivity contribution in [1.29, 1.82) is 10.5 Å². The highest BCUT2D eigenvalue weighted by Gasteiger charge is 2.12. The number of hydrogen-bond acceptors (Lipinski definition) is 3. The lowest BCUT2D eigenvalue weighted by Crippen LogP contribution is -2.26. The predicted octanol–water partition coefficient (Wildman–Crippen LogP) is 2.86. The molecule has 0 aliphatic rings. The molecule has 1 aromatic carbocycles. The molecule has 2 aromatic rings. The van der Waals surface area contributed by atoms with Gasteiger partial charge in [0.25, 0.3) is 5.56 Å². The maximum atomic E-state index is 12.3. The standard InChI is InChI=1S/C17H15N3O/c1-12-3-5-14(6-4-12)16-8-7-15(10-19)17(21)20(16)11-13(2)9-18/h3-8,13H,11H2,1-2H3. The van der Waals surface area contributed by atoms with Crippen LogP contribution in [-0.4, -0.2) is 4.57 Å². The van der Waals surface area contributed by atoms with Crippen LogP contribution in [0.1, 0.15) is 18.1 Å². The first-order chi connectivity index (χ1) is 10.1. The van der Waals surface area contributed by atoms with E-state index in [1.54, 1.807) is 13.0 Å². The topological polar surface area (TPSA) is 69.6 Å². The van der Waals surface area contributed by atoms with Crippen molar-refractivity contribution in [2.24, 2.45) is 5.92 Å². The maximum absolute atomic E-state index is 12.3. The predicted molar refractivity (Wildman–Crippen MR) is 80.4 cm³/mol. The number of benzene rings is 1. The molecule has 104 valence electrons. The Labute approximate surface area is 123 Å². The Morgan fingerprint density at radius 2 is 1.81 bits per heavy atom. The Morgan fingerprint density at radius 3 is 2.38 bits per heavy atom. The highest BCUT2D eigenvalue weighted by Crippen LogP contribution is 2.20. The number of rotatable bonds is 3. The zero-order chi connectivity index (χ0) is 15.4. The number of pyridine rings is 1. The van der Waals surface area contributed by atoms with Crippen LogP contribution >= 0.6 is 0 Å². The summed E-state index contributed by atoms with van der Waals surface area (Å²) in [6.45, 7) is 4.02. The summed E-state index contributed by atoms with van der Waals surface area (Å²) in [5, 5.41) is 18.0. The van der Waals surface area contributed by atoms with Crippen LogP contribution < -0.4 is 5.56 Å². The number of hydrogen-bond donors (Lipinski definition) is 0. The summed E-state index contributed by atoms with van der Waals surface area (Å²) in [6.07, 6.45) is 0. The number of nitriles is 2. The molecule has 0 spiro atoms. The smallest absolute Gasteiger partial charge is 0.268 e. The van der Waals surface area contributed by atoms with Gasteiger partial charge in [-0.05, 0) is 31.5 Å². The number of nitrogens with zero attached hydrogens (tertiary/aromatic N) is 3. The number of aryl methyl sites for hydroxylation is 1. The van der Waals surface area contributed by atoms with Crippen LogP contribution in [0.2, 0.25) is 0 Å². The molecule has 0 bridgehead atoms. The van der Waals surface area contributed by atoms with Crippen molar-refractivity contribution >= 4 is 0 Å². The lowest BCUT2D eigenvalue weighted by molar-refractivity contribution is 0.568. The van der Waals surface area contributed by atoms with Gasteiger partial charge in [-0.3, -0.25) is 4.79 Å². The van der Waals surface area contributed by atoms with Crippen molar-refractivity contribution in [1.82, 2.24) is 4.57 Å². The quantitative estimate of drug-likeness (QED) is 0.866. The molecule has 0 amide bonds. The van der Waals surface area contributed by atoms with Crippen molar-refractivity contribution in [3.8, 4) is 23.4 Å². The third-order valence-corrected chi connectivity index (χ3v) is 3.32. The maximum Gasteiger partial charge on any atom is 0.268 e. The summed E-state index contributed by atoms with van der Waals surface area (Å²) in [5.41, 5.74) is 2.49. The summed E-state index contributed by atoms with van der Waals surface area (Å²) in [7, 11) is 0. The monoisotopic (exact) mass is 277 g/mol. The van der Waals surface area contributed by atoms with Crippen LogP contribution in [0.25, 0.3) is 11.3 Å². The van der Waals surface area contributed by atoms with Gasteiger partial charge in [0.2, 0.25) is 0 Å². The summed E-state index contributed by atoms with van der Waals surface area (Å²) >= 11 is 0. The fourth-order valence-corrected chi connectivity index (χ4v) is 2.14. The highest BCUT2D eigenvalue weighted by atomic mass is 16.1. The molecule has 0 saturated carbocycles. The minimum Gasteiger partial charge on any atom is -0.306 e. The van der Waals surface area contributed by atoms with Crippen LogP contribution in [0, 0.1) is 35.5 Å². The Balaban J connectivity index is 2.63. The van der Waals surface area contributed by atoms with Crippen molar-refractivity contribution in [2.75, 3.05) is 0 Å². The first-order valence-electron chi connectivity index (χ1n) is 6.67. The van der Waals surface area contributed by atoms with E-state index < -0.39 is 0 Å². The molecule has 0 saturated heterocycles. The summed E-state index contributed by atoms with van der Waals surface area (Å²) in [6, 6.07) is 15.1. The third kappa shape index (κ3) is 3.01. The molecule has 21 heavy (non-hydrogen) atoms. The van der Waals surface area contributed by atoms with Crippen LogP contribution in [0.4, 0.5) is 0 Å². The molecule has 0 fully saturated rings. The van der Waals surface area contributed by atoms with E-state index in [0.717, 1.165) is 16.8 Å². The highest BCUT2D eigenvalue weighted by molar-refractivity contribution is 5.60. The van der Waals surface area contributed by atoms with Gasteiger partial charge in [-0.25, -0.2) is 0 Å². The zero-order valence-electron chi connectivity index (χ0n) is 12.0. The Bertz CT molecular complexity index is 789. The summed E-state index contributed by atoms with van der Waals surface area (Å²) in [4.78, 5) is 12.3. The lowest BCUT2D eigenvalue weighted by Gasteiger charge is -2.14. The molecule has 0 aliphatic carbocycles. The molecular formula is C17H15N3O. The van der Waals surface area contributed by atoms with E-state index >= 15 is 0 Å². The normalized spacial score (nSPS) is 11.4. The van der Waals surface area contributed by atoms with E-state index in [2.05, 4.69) is 6.07 Å². The van der Waals surface area contributed by atoms with Crippen LogP contribution in [0.5, 0.6) is 0 Å². The van der Waals surface area contributed by atoms with E-state index in [-0.39, 0.29) is 23.6 Å². The minimum atomic E-state index is -0.349. The molecule has 1 heterocycles. The lowest BCUT2D eigenvalue weighted by atomic mass is 10.1. The molecule has 0 N–H and O–H groups in total. The van der Waals surface area contributed by atoms with Crippen LogP contribution in [-0.2, 0) is 6.54 Å². The van der Waals surface area contributed by atoms with E-state index in [0.29, 0.717) is 0 Å². The van der Waals surface area contributed by atoms with Gasteiger partial charge in [0.1, 0.15) is 11.6 Å². The zero-order valence-corrected chi connectivity index (χ0v) is 12.0. The van der Waals surface area contributed by atoms with E-state index in [9.17, 15) is 4.79 Å². The molecule has 2 rings (SSSR count). The van der Waals surface area contributed by atoms with Crippen molar-refractivity contribution < 1.29 is 0 Å². The van der Waals surface area contributed by atoms with Crippen LogP contribution in [0.3, 0.4) is 0 Å². The second-order valence-corrected chi connectivity index (χ2v) is 5.06. The Kier molecular flexibility index (Phi) is 4.21. The van der Waals surface area contributed by atoms with Crippen molar-refractivity contribution in [3.05, 3.63) is 57.9 Å². The molecule has 4 heteroatoms. The summed E-state index contributed by atoms with van der Waals surface area (Å²) < 4.78 is 1.51. The van der Waals surface area contributed by atoms with E-state index in [1.165, 1.54) is 10.6 Å². The number of aromatic nitrogens is 1. The molecule has 4 nitrogen and oxygen atoms in total.